The molecule has 4 N–H and O–H groups in total. The number of anilines is 1. The number of nitrogen functional groups attached to an aromatic ring is 1. The fourth-order valence-electron chi connectivity index (χ4n) is 1.53. The van der Waals surface area contributed by atoms with Crippen molar-refractivity contribution < 1.29 is 8.42 Å². The lowest BCUT2D eigenvalue weighted by molar-refractivity contribution is 0.598. The van der Waals surface area contributed by atoms with Crippen molar-refractivity contribution in [3.8, 4) is 10.4 Å². The van der Waals surface area contributed by atoms with E-state index in [0.29, 0.717) is 14.8 Å². The van der Waals surface area contributed by atoms with E-state index in [4.69, 9.17) is 22.5 Å². The summed E-state index contributed by atoms with van der Waals surface area (Å²) in [6.45, 7) is 0. The highest BCUT2D eigenvalue weighted by Crippen LogP contribution is 2.36. The number of hydrogen-bond donors (Lipinski definition) is 2. The molecule has 0 aliphatic carbocycles. The Morgan fingerprint density at radius 1 is 1.18 bits per heavy atom. The number of benzene rings is 1. The van der Waals surface area contributed by atoms with Crippen molar-refractivity contribution in [2.45, 2.75) is 4.90 Å². The zero-order chi connectivity index (χ0) is 12.6. The van der Waals surface area contributed by atoms with Crippen LogP contribution >= 0.6 is 22.9 Å². The number of rotatable bonds is 2. The molecule has 1 heterocycles. The highest BCUT2D eigenvalue weighted by atomic mass is 35.5. The van der Waals surface area contributed by atoms with Gasteiger partial charge in [0.1, 0.15) is 4.90 Å². The van der Waals surface area contributed by atoms with Crippen LogP contribution in [-0.4, -0.2) is 8.42 Å². The molecule has 0 amide bonds. The molecule has 0 bridgehead atoms. The lowest BCUT2D eigenvalue weighted by Crippen LogP contribution is -2.15. The largest absolute Gasteiger partial charge is 0.398 e. The van der Waals surface area contributed by atoms with Gasteiger partial charge >= 0.3 is 0 Å². The minimum atomic E-state index is -3.86. The molecule has 0 atom stereocenters. The first-order chi connectivity index (χ1) is 7.89. The molecule has 0 radical (unpaired) electrons. The van der Waals surface area contributed by atoms with Crippen LogP contribution in [0.25, 0.3) is 10.4 Å². The molecule has 0 unspecified atom stereocenters. The summed E-state index contributed by atoms with van der Waals surface area (Å²) < 4.78 is 23.6. The Morgan fingerprint density at radius 3 is 2.41 bits per heavy atom. The van der Waals surface area contributed by atoms with Crippen LogP contribution in [0.3, 0.4) is 0 Å². The standard InChI is InChI=1S/C10H9ClN2O2S2/c11-9-5-4-8(16-9)6-2-1-3-7(12)10(6)17(13,14)15/h1-5H,12H2,(H2,13,14,15). The Balaban J connectivity index is 2.75. The van der Waals surface area contributed by atoms with Crippen LogP contribution < -0.4 is 10.9 Å². The maximum atomic E-state index is 11.5. The van der Waals surface area contributed by atoms with Gasteiger partial charge in [-0.1, -0.05) is 23.7 Å². The van der Waals surface area contributed by atoms with Gasteiger partial charge < -0.3 is 5.73 Å². The molecule has 1 aromatic carbocycles. The fourth-order valence-corrected chi connectivity index (χ4v) is 3.55. The van der Waals surface area contributed by atoms with Crippen LogP contribution in [0.2, 0.25) is 4.34 Å². The van der Waals surface area contributed by atoms with E-state index in [1.807, 2.05) is 0 Å². The van der Waals surface area contributed by atoms with Gasteiger partial charge in [0.15, 0.2) is 0 Å². The van der Waals surface area contributed by atoms with E-state index in [1.165, 1.54) is 17.4 Å². The monoisotopic (exact) mass is 288 g/mol. The van der Waals surface area contributed by atoms with Crippen LogP contribution in [0.1, 0.15) is 0 Å². The van der Waals surface area contributed by atoms with Crippen LogP contribution in [0, 0.1) is 0 Å². The third-order valence-electron chi connectivity index (χ3n) is 2.17. The van der Waals surface area contributed by atoms with Crippen molar-refractivity contribution in [2.24, 2.45) is 5.14 Å². The first kappa shape index (κ1) is 12.4. The van der Waals surface area contributed by atoms with E-state index >= 15 is 0 Å². The minimum Gasteiger partial charge on any atom is -0.398 e. The number of halogens is 1. The molecule has 90 valence electrons. The van der Waals surface area contributed by atoms with Crippen molar-refractivity contribution in [3.63, 3.8) is 0 Å². The molecule has 2 aromatic rings. The van der Waals surface area contributed by atoms with Gasteiger partial charge in [0.05, 0.1) is 10.0 Å². The van der Waals surface area contributed by atoms with E-state index < -0.39 is 10.0 Å². The molecular weight excluding hydrogens is 280 g/mol. The van der Waals surface area contributed by atoms with E-state index in [1.54, 1.807) is 24.3 Å². The Kier molecular flexibility index (Phi) is 3.13. The third kappa shape index (κ3) is 2.44. The second-order valence-electron chi connectivity index (χ2n) is 3.37. The first-order valence-electron chi connectivity index (χ1n) is 4.56. The fraction of sp³-hybridized carbons (Fsp3) is 0. The quantitative estimate of drug-likeness (QED) is 0.831. The normalized spacial score (nSPS) is 11.6. The Labute approximate surface area is 108 Å². The smallest absolute Gasteiger partial charge is 0.240 e. The van der Waals surface area contributed by atoms with Gasteiger partial charge in [-0.25, -0.2) is 13.6 Å². The molecule has 2 rings (SSSR count). The molecule has 0 aliphatic rings. The average Bonchev–Trinajstić information content (AvgIpc) is 2.62. The molecule has 7 heteroatoms. The maximum absolute atomic E-state index is 11.5. The predicted molar refractivity (Wildman–Crippen MR) is 70.6 cm³/mol. The van der Waals surface area contributed by atoms with Crippen molar-refractivity contribution >= 4 is 38.6 Å². The van der Waals surface area contributed by atoms with E-state index in [-0.39, 0.29) is 10.6 Å². The molecule has 0 saturated heterocycles. The number of primary sulfonamides is 1. The van der Waals surface area contributed by atoms with Gasteiger partial charge in [-0.3, -0.25) is 0 Å². The molecule has 17 heavy (non-hydrogen) atoms. The van der Waals surface area contributed by atoms with E-state index in [0.717, 1.165) is 0 Å². The molecule has 0 aliphatic heterocycles. The zero-order valence-corrected chi connectivity index (χ0v) is 10.9. The minimum absolute atomic E-state index is 0.0569. The topological polar surface area (TPSA) is 86.2 Å². The SMILES string of the molecule is Nc1cccc(-c2ccc(Cl)s2)c1S(N)(=O)=O. The van der Waals surface area contributed by atoms with Gasteiger partial charge in [0.2, 0.25) is 10.0 Å². The summed E-state index contributed by atoms with van der Waals surface area (Å²) >= 11 is 7.09. The van der Waals surface area contributed by atoms with Crippen LogP contribution in [-0.2, 0) is 10.0 Å². The van der Waals surface area contributed by atoms with E-state index in [9.17, 15) is 8.42 Å². The zero-order valence-electron chi connectivity index (χ0n) is 8.55. The first-order valence-corrected chi connectivity index (χ1v) is 7.30. The molecule has 0 saturated carbocycles. The maximum Gasteiger partial charge on any atom is 0.240 e. The van der Waals surface area contributed by atoms with Crippen molar-refractivity contribution in [1.82, 2.24) is 0 Å². The Bertz CT molecular complexity index is 665. The molecule has 4 nitrogen and oxygen atoms in total. The van der Waals surface area contributed by atoms with Crippen LogP contribution in [0.4, 0.5) is 5.69 Å². The molecule has 0 spiro atoms. The van der Waals surface area contributed by atoms with Gasteiger partial charge in [-0.05, 0) is 18.2 Å². The second kappa shape index (κ2) is 4.30. The molecule has 0 fully saturated rings. The second-order valence-corrected chi connectivity index (χ2v) is 6.59. The van der Waals surface area contributed by atoms with Gasteiger partial charge in [-0.15, -0.1) is 11.3 Å². The van der Waals surface area contributed by atoms with Gasteiger partial charge in [0, 0.05) is 10.4 Å². The Morgan fingerprint density at radius 2 is 1.88 bits per heavy atom. The number of thiophene rings is 1. The number of hydrogen-bond acceptors (Lipinski definition) is 4. The van der Waals surface area contributed by atoms with Gasteiger partial charge in [0.25, 0.3) is 0 Å². The van der Waals surface area contributed by atoms with Crippen molar-refractivity contribution in [1.29, 1.82) is 0 Å². The van der Waals surface area contributed by atoms with Crippen molar-refractivity contribution in [2.75, 3.05) is 5.73 Å². The third-order valence-corrected chi connectivity index (χ3v) is 4.46. The predicted octanol–water partition coefficient (Wildman–Crippen LogP) is 2.30. The lowest BCUT2D eigenvalue weighted by atomic mass is 10.1. The Hall–Kier alpha value is -1.08. The highest BCUT2D eigenvalue weighted by molar-refractivity contribution is 7.89. The average molecular weight is 289 g/mol. The molecular formula is C10H9ClN2O2S2. The lowest BCUT2D eigenvalue weighted by Gasteiger charge is -2.08. The number of sulfonamides is 1. The summed E-state index contributed by atoms with van der Waals surface area (Å²) in [4.78, 5) is 0.657. The van der Waals surface area contributed by atoms with E-state index in [2.05, 4.69) is 0 Å². The van der Waals surface area contributed by atoms with Crippen LogP contribution in [0.15, 0.2) is 35.2 Å². The number of nitrogens with two attached hydrogens (primary N) is 2. The molecule has 1 aromatic heterocycles. The summed E-state index contributed by atoms with van der Waals surface area (Å²) in [7, 11) is -3.86. The summed E-state index contributed by atoms with van der Waals surface area (Å²) in [5.74, 6) is 0. The summed E-state index contributed by atoms with van der Waals surface area (Å²) in [6, 6.07) is 8.25. The highest BCUT2D eigenvalue weighted by Gasteiger charge is 2.19. The summed E-state index contributed by atoms with van der Waals surface area (Å²) in [6.07, 6.45) is 0. The van der Waals surface area contributed by atoms with Gasteiger partial charge in [-0.2, -0.15) is 0 Å². The summed E-state index contributed by atoms with van der Waals surface area (Å²) in [5.41, 5.74) is 6.27. The van der Waals surface area contributed by atoms with Crippen molar-refractivity contribution in [3.05, 3.63) is 34.7 Å². The van der Waals surface area contributed by atoms with Crippen LogP contribution in [0.5, 0.6) is 0 Å². The summed E-state index contributed by atoms with van der Waals surface area (Å²) in [5, 5.41) is 5.17.